The Bertz CT molecular complexity index is 405. The van der Waals surface area contributed by atoms with Gasteiger partial charge in [-0.15, -0.1) is 0 Å². The summed E-state index contributed by atoms with van der Waals surface area (Å²) in [6, 6.07) is 11.8. The summed E-state index contributed by atoms with van der Waals surface area (Å²) < 4.78 is 0. The lowest BCUT2D eigenvalue weighted by atomic mass is 10.1. The molecule has 1 rings (SSSR count). The molecular formula is C15H15N. The molecule has 80 valence electrons. The molecule has 16 heavy (non-hydrogen) atoms. The van der Waals surface area contributed by atoms with E-state index in [0.29, 0.717) is 0 Å². The molecule has 0 saturated carbocycles. The van der Waals surface area contributed by atoms with Gasteiger partial charge in [-0.1, -0.05) is 68.3 Å². The van der Waals surface area contributed by atoms with Crippen LogP contribution in [-0.2, 0) is 0 Å². The number of nitriles is 1. The first kappa shape index (κ1) is 13.7. The highest BCUT2D eigenvalue weighted by molar-refractivity contribution is 5.71. The second kappa shape index (κ2) is 9.23. The van der Waals surface area contributed by atoms with Gasteiger partial charge in [-0.2, -0.15) is 5.26 Å². The molecule has 0 aliphatic rings. The van der Waals surface area contributed by atoms with E-state index in [1.54, 1.807) is 12.1 Å². The molecule has 1 nitrogen and oxygen atoms in total. The van der Waals surface area contributed by atoms with E-state index in [4.69, 9.17) is 5.26 Å². The summed E-state index contributed by atoms with van der Waals surface area (Å²) in [5.74, 6) is 0. The summed E-state index contributed by atoms with van der Waals surface area (Å²) in [7, 11) is 0. The Hall–Kier alpha value is -2.33. The second-order valence-electron chi connectivity index (χ2n) is 2.82. The fourth-order valence-electron chi connectivity index (χ4n) is 0.933. The van der Waals surface area contributed by atoms with Gasteiger partial charge in [-0.25, -0.2) is 0 Å². The van der Waals surface area contributed by atoms with Crippen LogP contribution in [0.1, 0.15) is 5.56 Å². The van der Waals surface area contributed by atoms with Gasteiger partial charge in [-0.3, -0.25) is 0 Å². The van der Waals surface area contributed by atoms with E-state index in [2.05, 4.69) is 19.7 Å². The van der Waals surface area contributed by atoms with Crippen molar-refractivity contribution in [3.05, 3.63) is 79.9 Å². The molecule has 0 aliphatic carbocycles. The molecule has 0 fully saturated rings. The zero-order chi connectivity index (χ0) is 12.2. The zero-order valence-corrected chi connectivity index (χ0v) is 9.26. The van der Waals surface area contributed by atoms with Crippen molar-refractivity contribution in [2.45, 2.75) is 0 Å². The Morgan fingerprint density at radius 1 is 1.19 bits per heavy atom. The van der Waals surface area contributed by atoms with E-state index < -0.39 is 0 Å². The lowest BCUT2D eigenvalue weighted by Crippen LogP contribution is -1.75. The van der Waals surface area contributed by atoms with Crippen LogP contribution < -0.4 is 0 Å². The summed E-state index contributed by atoms with van der Waals surface area (Å²) in [6.45, 7) is 10.6. The minimum atomic E-state index is 1.01. The predicted octanol–water partition coefficient (Wildman–Crippen LogP) is 4.14. The molecule has 0 aliphatic heterocycles. The van der Waals surface area contributed by atoms with Crippen LogP contribution in [0.25, 0.3) is 5.57 Å². The van der Waals surface area contributed by atoms with Gasteiger partial charge in [0.15, 0.2) is 0 Å². The van der Waals surface area contributed by atoms with Gasteiger partial charge >= 0.3 is 0 Å². The van der Waals surface area contributed by atoms with Crippen molar-refractivity contribution in [1.29, 1.82) is 5.26 Å². The maximum absolute atomic E-state index is 7.51. The molecule has 0 atom stereocenters. The normalized spacial score (nSPS) is 8.44. The van der Waals surface area contributed by atoms with E-state index in [-0.39, 0.29) is 0 Å². The minimum absolute atomic E-state index is 1.01. The van der Waals surface area contributed by atoms with Crippen LogP contribution in [0.5, 0.6) is 0 Å². The third-order valence-corrected chi connectivity index (χ3v) is 1.67. The maximum Gasteiger partial charge on any atom is 0.0905 e. The smallest absolute Gasteiger partial charge is 0.0905 e. The number of allylic oxidation sites excluding steroid dienone is 5. The van der Waals surface area contributed by atoms with Crippen LogP contribution in [0.3, 0.4) is 0 Å². The van der Waals surface area contributed by atoms with E-state index in [1.165, 1.54) is 6.08 Å². The lowest BCUT2D eigenvalue weighted by molar-refractivity contribution is 1.54. The Kier molecular flexibility index (Phi) is 7.89. The summed E-state index contributed by atoms with van der Waals surface area (Å²) in [5, 5.41) is 7.51. The van der Waals surface area contributed by atoms with Crippen LogP contribution >= 0.6 is 0 Å². The molecule has 0 heterocycles. The fraction of sp³-hybridized carbons (Fsp3) is 0. The Balaban J connectivity index is 0.000000487. The van der Waals surface area contributed by atoms with Crippen molar-refractivity contribution in [2.24, 2.45) is 0 Å². The summed E-state index contributed by atoms with van der Waals surface area (Å²) in [5.41, 5.74) is 2.16. The van der Waals surface area contributed by atoms with Crippen molar-refractivity contribution in [2.75, 3.05) is 0 Å². The Morgan fingerprint density at radius 2 is 1.75 bits per heavy atom. The quantitative estimate of drug-likeness (QED) is 0.542. The summed E-state index contributed by atoms with van der Waals surface area (Å²) in [6.07, 6.45) is 6.76. The molecule has 0 aromatic heterocycles. The fourth-order valence-corrected chi connectivity index (χ4v) is 0.933. The first-order valence-corrected chi connectivity index (χ1v) is 4.80. The minimum Gasteiger partial charge on any atom is -0.193 e. The molecule has 1 aromatic rings. The molecule has 1 heteroatoms. The van der Waals surface area contributed by atoms with Gasteiger partial charge in [0.2, 0.25) is 0 Å². The molecule has 0 unspecified atom stereocenters. The van der Waals surface area contributed by atoms with E-state index in [9.17, 15) is 0 Å². The van der Waals surface area contributed by atoms with Crippen LogP contribution in [0.15, 0.2) is 74.4 Å². The van der Waals surface area contributed by atoms with Crippen LogP contribution in [0.2, 0.25) is 0 Å². The van der Waals surface area contributed by atoms with Crippen molar-refractivity contribution in [3.8, 4) is 6.07 Å². The lowest BCUT2D eigenvalue weighted by Gasteiger charge is -1.97. The summed E-state index contributed by atoms with van der Waals surface area (Å²) in [4.78, 5) is 0. The van der Waals surface area contributed by atoms with Crippen LogP contribution in [0, 0.1) is 11.3 Å². The highest BCUT2D eigenvalue weighted by Crippen LogP contribution is 2.12. The molecule has 0 saturated heterocycles. The molecule has 1 aromatic carbocycles. The third-order valence-electron chi connectivity index (χ3n) is 1.67. The van der Waals surface area contributed by atoms with Crippen LogP contribution in [0.4, 0.5) is 0 Å². The van der Waals surface area contributed by atoms with E-state index in [0.717, 1.165) is 11.1 Å². The van der Waals surface area contributed by atoms with Gasteiger partial charge in [0.05, 0.1) is 6.07 Å². The van der Waals surface area contributed by atoms with Gasteiger partial charge in [-0.05, 0) is 11.1 Å². The van der Waals surface area contributed by atoms with Gasteiger partial charge in [0.25, 0.3) is 0 Å². The zero-order valence-electron chi connectivity index (χ0n) is 9.26. The number of rotatable bonds is 3. The van der Waals surface area contributed by atoms with Gasteiger partial charge < -0.3 is 0 Å². The summed E-state index contributed by atoms with van der Waals surface area (Å²) >= 11 is 0. The first-order chi connectivity index (χ1) is 7.76. The van der Waals surface area contributed by atoms with Crippen molar-refractivity contribution in [1.82, 2.24) is 0 Å². The molecule has 0 N–H and O–H groups in total. The largest absolute Gasteiger partial charge is 0.193 e. The molecule has 0 bridgehead atoms. The van der Waals surface area contributed by atoms with Gasteiger partial charge in [0.1, 0.15) is 0 Å². The van der Waals surface area contributed by atoms with E-state index >= 15 is 0 Å². The van der Waals surface area contributed by atoms with Gasteiger partial charge in [0, 0.05) is 6.08 Å². The Labute approximate surface area is 97.4 Å². The number of benzene rings is 1. The van der Waals surface area contributed by atoms with Crippen molar-refractivity contribution < 1.29 is 0 Å². The van der Waals surface area contributed by atoms with E-state index in [1.807, 2.05) is 42.5 Å². The SMILES string of the molecule is C=CC#N.C=CC=CC(=C)c1ccccc1. The van der Waals surface area contributed by atoms with Crippen molar-refractivity contribution in [3.63, 3.8) is 0 Å². The maximum atomic E-state index is 7.51. The van der Waals surface area contributed by atoms with Crippen LogP contribution in [-0.4, -0.2) is 0 Å². The average Bonchev–Trinajstić information content (AvgIpc) is 2.37. The highest BCUT2D eigenvalue weighted by Gasteiger charge is 1.90. The molecule has 0 spiro atoms. The third kappa shape index (κ3) is 6.17. The predicted molar refractivity (Wildman–Crippen MR) is 70.6 cm³/mol. The monoisotopic (exact) mass is 209 g/mol. The first-order valence-electron chi connectivity index (χ1n) is 4.80. The molecule has 0 radical (unpaired) electrons. The Morgan fingerprint density at radius 3 is 2.19 bits per heavy atom. The molecule has 0 amide bonds. The standard InChI is InChI=1S/C12H12.C3H3N/c1-3-4-8-11(2)12-9-6-5-7-10-12;1-2-3-4/h3-10H,1-2H2;2H,1H2. The second-order valence-corrected chi connectivity index (χ2v) is 2.82. The highest BCUT2D eigenvalue weighted by atomic mass is 14.2. The van der Waals surface area contributed by atoms with Crippen molar-refractivity contribution >= 4 is 5.57 Å². The number of hydrogen-bond donors (Lipinski definition) is 0. The molecular weight excluding hydrogens is 194 g/mol. The number of hydrogen-bond acceptors (Lipinski definition) is 1. The number of nitrogens with zero attached hydrogens (tertiary/aromatic N) is 1. The average molecular weight is 209 g/mol. The topological polar surface area (TPSA) is 23.8 Å².